The van der Waals surface area contributed by atoms with E-state index in [2.05, 4.69) is 13.8 Å². The molecule has 3 heteroatoms. The Morgan fingerprint density at radius 1 is 1.50 bits per heavy atom. The zero-order valence-electron chi connectivity index (χ0n) is 9.34. The minimum absolute atomic E-state index is 0.0535. The molecular weight excluding hydrogens is 180 g/mol. The van der Waals surface area contributed by atoms with Crippen molar-refractivity contribution in [2.24, 2.45) is 5.41 Å². The van der Waals surface area contributed by atoms with Crippen LogP contribution in [0.15, 0.2) is 0 Å². The highest BCUT2D eigenvalue weighted by Gasteiger charge is 2.30. The van der Waals surface area contributed by atoms with Crippen LogP contribution in [0.2, 0.25) is 0 Å². The standard InChI is InChI=1S/C11H20O3/c1-4-13-10(12)14-9-6-5-7-11(2,3)8-9/h9H,4-8H2,1-3H3. The van der Waals surface area contributed by atoms with E-state index in [9.17, 15) is 4.79 Å². The Kier molecular flexibility index (Phi) is 3.78. The molecule has 1 fully saturated rings. The molecule has 0 bridgehead atoms. The van der Waals surface area contributed by atoms with Crippen LogP contribution in [-0.2, 0) is 9.47 Å². The quantitative estimate of drug-likeness (QED) is 0.642. The molecular formula is C11H20O3. The maximum absolute atomic E-state index is 11.1. The summed E-state index contributed by atoms with van der Waals surface area (Å²) in [5.41, 5.74) is 0.301. The molecule has 0 aliphatic heterocycles. The Balaban J connectivity index is 2.34. The van der Waals surface area contributed by atoms with Gasteiger partial charge in [0, 0.05) is 0 Å². The predicted octanol–water partition coefficient (Wildman–Crippen LogP) is 3.13. The molecule has 0 heterocycles. The molecule has 1 aliphatic rings. The summed E-state index contributed by atoms with van der Waals surface area (Å²) in [6, 6.07) is 0. The van der Waals surface area contributed by atoms with E-state index in [0.29, 0.717) is 12.0 Å². The molecule has 0 saturated heterocycles. The molecule has 1 aliphatic carbocycles. The smallest absolute Gasteiger partial charge is 0.435 e. The monoisotopic (exact) mass is 200 g/mol. The van der Waals surface area contributed by atoms with Gasteiger partial charge < -0.3 is 9.47 Å². The topological polar surface area (TPSA) is 35.5 Å². The lowest BCUT2D eigenvalue weighted by atomic mass is 9.76. The van der Waals surface area contributed by atoms with E-state index in [1.807, 2.05) is 0 Å². The molecule has 1 rings (SSSR count). The van der Waals surface area contributed by atoms with Gasteiger partial charge in [0.25, 0.3) is 0 Å². The highest BCUT2D eigenvalue weighted by atomic mass is 16.7. The molecule has 0 aromatic heterocycles. The summed E-state index contributed by atoms with van der Waals surface area (Å²) in [7, 11) is 0. The minimum atomic E-state index is -0.518. The third kappa shape index (κ3) is 3.56. The first-order valence-electron chi connectivity index (χ1n) is 5.37. The summed E-state index contributed by atoms with van der Waals surface area (Å²) in [6.45, 7) is 6.60. The molecule has 1 atom stereocenters. The number of carbonyl (C=O) groups excluding carboxylic acids is 1. The number of hydrogen-bond acceptors (Lipinski definition) is 3. The maximum atomic E-state index is 11.1. The van der Waals surface area contributed by atoms with E-state index in [-0.39, 0.29) is 6.10 Å². The molecule has 1 saturated carbocycles. The lowest BCUT2D eigenvalue weighted by molar-refractivity contribution is -0.00678. The fraction of sp³-hybridized carbons (Fsp3) is 0.909. The zero-order valence-corrected chi connectivity index (χ0v) is 9.34. The number of rotatable bonds is 2. The number of carbonyl (C=O) groups is 1. The molecule has 14 heavy (non-hydrogen) atoms. The molecule has 0 spiro atoms. The summed E-state index contributed by atoms with van der Waals surface area (Å²) < 4.78 is 9.96. The van der Waals surface area contributed by atoms with Crippen molar-refractivity contribution in [1.29, 1.82) is 0 Å². The Bertz CT molecular complexity index is 199. The van der Waals surface area contributed by atoms with Crippen molar-refractivity contribution in [3.63, 3.8) is 0 Å². The average Bonchev–Trinajstić information content (AvgIpc) is 2.02. The van der Waals surface area contributed by atoms with E-state index < -0.39 is 6.16 Å². The van der Waals surface area contributed by atoms with E-state index in [0.717, 1.165) is 19.3 Å². The molecule has 0 aromatic rings. The summed E-state index contributed by atoms with van der Waals surface area (Å²) in [5.74, 6) is 0. The van der Waals surface area contributed by atoms with Gasteiger partial charge in [-0.3, -0.25) is 0 Å². The van der Waals surface area contributed by atoms with Crippen molar-refractivity contribution >= 4 is 6.16 Å². The fourth-order valence-electron chi connectivity index (χ4n) is 2.02. The van der Waals surface area contributed by atoms with Crippen LogP contribution in [0.3, 0.4) is 0 Å². The van der Waals surface area contributed by atoms with Crippen LogP contribution in [0, 0.1) is 5.41 Å². The van der Waals surface area contributed by atoms with Crippen molar-refractivity contribution in [3.05, 3.63) is 0 Å². The molecule has 82 valence electrons. The van der Waals surface area contributed by atoms with Gasteiger partial charge in [0.05, 0.1) is 6.61 Å². The van der Waals surface area contributed by atoms with Crippen LogP contribution in [0.25, 0.3) is 0 Å². The van der Waals surface area contributed by atoms with Crippen molar-refractivity contribution < 1.29 is 14.3 Å². The SMILES string of the molecule is CCOC(=O)OC1CCCC(C)(C)C1. The number of hydrogen-bond donors (Lipinski definition) is 0. The molecule has 0 amide bonds. The van der Waals surface area contributed by atoms with Crippen molar-refractivity contribution in [2.75, 3.05) is 6.61 Å². The predicted molar refractivity (Wildman–Crippen MR) is 54.1 cm³/mol. The molecule has 0 aromatic carbocycles. The molecule has 3 nitrogen and oxygen atoms in total. The second-order valence-electron chi connectivity index (χ2n) is 4.68. The summed E-state index contributed by atoms with van der Waals surface area (Å²) in [6.07, 6.45) is 3.81. The second-order valence-corrected chi connectivity index (χ2v) is 4.68. The first kappa shape index (κ1) is 11.3. The van der Waals surface area contributed by atoms with Gasteiger partial charge in [0.2, 0.25) is 0 Å². The van der Waals surface area contributed by atoms with Crippen molar-refractivity contribution in [2.45, 2.75) is 52.6 Å². The summed E-state index contributed by atoms with van der Waals surface area (Å²) in [5, 5.41) is 0. The second kappa shape index (κ2) is 4.67. The zero-order chi connectivity index (χ0) is 10.6. The van der Waals surface area contributed by atoms with Gasteiger partial charge in [0.1, 0.15) is 6.10 Å². The van der Waals surface area contributed by atoms with Gasteiger partial charge in [-0.05, 0) is 38.0 Å². The van der Waals surface area contributed by atoms with Gasteiger partial charge in [0.15, 0.2) is 0 Å². The summed E-state index contributed by atoms with van der Waals surface area (Å²) in [4.78, 5) is 11.1. The van der Waals surface area contributed by atoms with Crippen LogP contribution < -0.4 is 0 Å². The largest absolute Gasteiger partial charge is 0.508 e. The Hall–Kier alpha value is -0.730. The van der Waals surface area contributed by atoms with Crippen LogP contribution in [-0.4, -0.2) is 18.9 Å². The van der Waals surface area contributed by atoms with E-state index in [1.54, 1.807) is 6.92 Å². The van der Waals surface area contributed by atoms with Crippen LogP contribution in [0.5, 0.6) is 0 Å². The number of ether oxygens (including phenoxy) is 2. The lowest BCUT2D eigenvalue weighted by Crippen LogP contribution is -2.30. The van der Waals surface area contributed by atoms with Crippen LogP contribution >= 0.6 is 0 Å². The lowest BCUT2D eigenvalue weighted by Gasteiger charge is -2.34. The fourth-order valence-corrected chi connectivity index (χ4v) is 2.02. The van der Waals surface area contributed by atoms with Gasteiger partial charge in [-0.2, -0.15) is 0 Å². The highest BCUT2D eigenvalue weighted by molar-refractivity contribution is 5.60. The first-order chi connectivity index (χ1) is 6.53. The van der Waals surface area contributed by atoms with E-state index >= 15 is 0 Å². The van der Waals surface area contributed by atoms with E-state index in [4.69, 9.17) is 9.47 Å². The van der Waals surface area contributed by atoms with Crippen LogP contribution in [0.4, 0.5) is 4.79 Å². The van der Waals surface area contributed by atoms with Gasteiger partial charge >= 0.3 is 6.16 Å². The molecule has 0 radical (unpaired) electrons. The van der Waals surface area contributed by atoms with Crippen LogP contribution in [0.1, 0.15) is 46.5 Å². The van der Waals surface area contributed by atoms with Crippen molar-refractivity contribution in [1.82, 2.24) is 0 Å². The van der Waals surface area contributed by atoms with Gasteiger partial charge in [-0.1, -0.05) is 13.8 Å². The summed E-state index contributed by atoms with van der Waals surface area (Å²) >= 11 is 0. The minimum Gasteiger partial charge on any atom is -0.435 e. The Morgan fingerprint density at radius 2 is 2.21 bits per heavy atom. The highest BCUT2D eigenvalue weighted by Crippen LogP contribution is 2.36. The van der Waals surface area contributed by atoms with Gasteiger partial charge in [-0.15, -0.1) is 0 Å². The third-order valence-electron chi connectivity index (χ3n) is 2.68. The Labute approximate surface area is 85.8 Å². The first-order valence-corrected chi connectivity index (χ1v) is 5.37. The van der Waals surface area contributed by atoms with E-state index in [1.165, 1.54) is 6.42 Å². The molecule has 0 N–H and O–H groups in total. The van der Waals surface area contributed by atoms with Crippen molar-refractivity contribution in [3.8, 4) is 0 Å². The normalized spacial score (nSPS) is 25.5. The van der Waals surface area contributed by atoms with Gasteiger partial charge in [-0.25, -0.2) is 4.79 Å². The third-order valence-corrected chi connectivity index (χ3v) is 2.68. The Morgan fingerprint density at radius 3 is 2.79 bits per heavy atom. The molecule has 1 unspecified atom stereocenters. The maximum Gasteiger partial charge on any atom is 0.508 e. The average molecular weight is 200 g/mol.